The first kappa shape index (κ1) is 12.3. The third-order valence-electron chi connectivity index (χ3n) is 3.18. The number of aliphatic hydroxyl groups excluding tert-OH is 1. The summed E-state index contributed by atoms with van der Waals surface area (Å²) in [5.74, 6) is 0.278. The standard InChI is InChI=1S/C12H13N3O3/c13-6-8-1-2-12(15(17)18)11(5-8)14-10-3-9(4-10)7-16/h1-2,5,9-10,14,16H,3-4,7H2. The quantitative estimate of drug-likeness (QED) is 0.622. The van der Waals surface area contributed by atoms with Gasteiger partial charge in [0, 0.05) is 18.7 Å². The van der Waals surface area contributed by atoms with Crippen LogP contribution in [0.5, 0.6) is 0 Å². The summed E-state index contributed by atoms with van der Waals surface area (Å²) < 4.78 is 0. The highest BCUT2D eigenvalue weighted by Crippen LogP contribution is 2.33. The van der Waals surface area contributed by atoms with Crippen LogP contribution in [-0.2, 0) is 0 Å². The van der Waals surface area contributed by atoms with Gasteiger partial charge in [0.25, 0.3) is 5.69 Å². The lowest BCUT2D eigenvalue weighted by Crippen LogP contribution is -2.37. The van der Waals surface area contributed by atoms with Crippen molar-refractivity contribution in [3.63, 3.8) is 0 Å². The van der Waals surface area contributed by atoms with Crippen LogP contribution in [0.3, 0.4) is 0 Å². The minimum Gasteiger partial charge on any atom is -0.396 e. The first-order valence-electron chi connectivity index (χ1n) is 5.70. The van der Waals surface area contributed by atoms with Crippen molar-refractivity contribution in [3.05, 3.63) is 33.9 Å². The minimum atomic E-state index is -0.467. The summed E-state index contributed by atoms with van der Waals surface area (Å²) in [5.41, 5.74) is 0.739. The highest BCUT2D eigenvalue weighted by molar-refractivity contribution is 5.64. The second-order valence-electron chi connectivity index (χ2n) is 4.46. The number of rotatable bonds is 4. The molecule has 0 bridgehead atoms. The summed E-state index contributed by atoms with van der Waals surface area (Å²) in [6.45, 7) is 0.151. The second kappa shape index (κ2) is 5.02. The van der Waals surface area contributed by atoms with Crippen LogP contribution >= 0.6 is 0 Å². The zero-order valence-corrected chi connectivity index (χ0v) is 9.67. The molecule has 1 fully saturated rings. The van der Waals surface area contributed by atoms with Crippen molar-refractivity contribution in [2.24, 2.45) is 5.92 Å². The second-order valence-corrected chi connectivity index (χ2v) is 4.46. The third-order valence-corrected chi connectivity index (χ3v) is 3.18. The summed E-state index contributed by atoms with van der Waals surface area (Å²) in [4.78, 5) is 10.4. The largest absolute Gasteiger partial charge is 0.396 e. The lowest BCUT2D eigenvalue weighted by molar-refractivity contribution is -0.384. The van der Waals surface area contributed by atoms with Gasteiger partial charge >= 0.3 is 0 Å². The van der Waals surface area contributed by atoms with Gasteiger partial charge in [-0.05, 0) is 30.9 Å². The average Bonchev–Trinajstić information content (AvgIpc) is 2.32. The number of nitro benzene ring substituents is 1. The molecule has 6 heteroatoms. The molecule has 2 N–H and O–H groups in total. The van der Waals surface area contributed by atoms with Crippen molar-refractivity contribution in [2.75, 3.05) is 11.9 Å². The Morgan fingerprint density at radius 3 is 2.83 bits per heavy atom. The maximum absolute atomic E-state index is 10.9. The molecule has 0 saturated heterocycles. The van der Waals surface area contributed by atoms with Crippen LogP contribution in [0.4, 0.5) is 11.4 Å². The highest BCUT2D eigenvalue weighted by Gasteiger charge is 2.29. The molecule has 1 aliphatic rings. The van der Waals surface area contributed by atoms with E-state index in [0.717, 1.165) is 12.8 Å². The van der Waals surface area contributed by atoms with Crippen molar-refractivity contribution < 1.29 is 10.0 Å². The number of hydrogen-bond acceptors (Lipinski definition) is 5. The van der Waals surface area contributed by atoms with E-state index in [9.17, 15) is 10.1 Å². The number of benzene rings is 1. The summed E-state index contributed by atoms with van der Waals surface area (Å²) in [7, 11) is 0. The monoisotopic (exact) mass is 247 g/mol. The van der Waals surface area contributed by atoms with Crippen LogP contribution < -0.4 is 5.32 Å². The van der Waals surface area contributed by atoms with Crippen molar-refractivity contribution in [3.8, 4) is 6.07 Å². The molecule has 0 atom stereocenters. The number of nitro groups is 1. The molecule has 0 aliphatic heterocycles. The number of anilines is 1. The molecule has 1 aromatic carbocycles. The molecule has 1 saturated carbocycles. The lowest BCUT2D eigenvalue weighted by atomic mass is 9.81. The zero-order chi connectivity index (χ0) is 13.1. The van der Waals surface area contributed by atoms with E-state index in [-0.39, 0.29) is 24.3 Å². The van der Waals surface area contributed by atoms with Crippen LogP contribution in [0.2, 0.25) is 0 Å². The topological polar surface area (TPSA) is 99.2 Å². The summed E-state index contributed by atoms with van der Waals surface area (Å²) >= 11 is 0. The molecule has 1 aromatic rings. The molecule has 0 amide bonds. The molecule has 1 aliphatic carbocycles. The summed E-state index contributed by atoms with van der Waals surface area (Å²) in [6, 6.07) is 6.35. The Kier molecular flexibility index (Phi) is 3.44. The van der Waals surface area contributed by atoms with Crippen LogP contribution in [0, 0.1) is 27.4 Å². The zero-order valence-electron chi connectivity index (χ0n) is 9.67. The van der Waals surface area contributed by atoms with Gasteiger partial charge in [-0.1, -0.05) is 0 Å². The molecular formula is C12H13N3O3. The molecule has 6 nitrogen and oxygen atoms in total. The fourth-order valence-electron chi connectivity index (χ4n) is 2.10. The minimum absolute atomic E-state index is 0.0264. The molecule has 0 heterocycles. The fourth-order valence-corrected chi connectivity index (χ4v) is 2.10. The Bertz CT molecular complexity index is 504. The SMILES string of the molecule is N#Cc1ccc([N+](=O)[O-])c(NC2CC(CO)C2)c1. The molecular weight excluding hydrogens is 234 g/mol. The number of nitrogens with one attached hydrogen (secondary N) is 1. The van der Waals surface area contributed by atoms with Crippen molar-refractivity contribution >= 4 is 11.4 Å². The maximum Gasteiger partial charge on any atom is 0.292 e. The summed E-state index contributed by atoms with van der Waals surface area (Å²) in [5, 5.41) is 31.6. The number of nitriles is 1. The van der Waals surface area contributed by atoms with Gasteiger partial charge in [-0.2, -0.15) is 5.26 Å². The van der Waals surface area contributed by atoms with Gasteiger partial charge in [0.15, 0.2) is 0 Å². The Balaban J connectivity index is 2.15. The third kappa shape index (κ3) is 2.41. The summed E-state index contributed by atoms with van der Waals surface area (Å²) in [6.07, 6.45) is 1.59. The smallest absolute Gasteiger partial charge is 0.292 e. The van der Waals surface area contributed by atoms with Crippen molar-refractivity contribution in [2.45, 2.75) is 18.9 Å². The van der Waals surface area contributed by atoms with E-state index < -0.39 is 4.92 Å². The van der Waals surface area contributed by atoms with E-state index in [1.807, 2.05) is 6.07 Å². The van der Waals surface area contributed by atoms with Crippen LogP contribution in [0.1, 0.15) is 18.4 Å². The van der Waals surface area contributed by atoms with Gasteiger partial charge in [0.2, 0.25) is 0 Å². The van der Waals surface area contributed by atoms with Crippen LogP contribution in [-0.4, -0.2) is 22.7 Å². The molecule has 18 heavy (non-hydrogen) atoms. The normalized spacial score (nSPS) is 21.8. The Morgan fingerprint density at radius 2 is 2.28 bits per heavy atom. The van der Waals surface area contributed by atoms with E-state index in [0.29, 0.717) is 11.3 Å². The van der Waals surface area contributed by atoms with Crippen LogP contribution in [0.15, 0.2) is 18.2 Å². The molecule has 2 rings (SSSR count). The molecule has 0 spiro atoms. The van der Waals surface area contributed by atoms with Gasteiger partial charge < -0.3 is 10.4 Å². The van der Waals surface area contributed by atoms with Gasteiger partial charge in [-0.15, -0.1) is 0 Å². The van der Waals surface area contributed by atoms with E-state index in [2.05, 4.69) is 5.32 Å². The molecule has 0 aromatic heterocycles. The van der Waals surface area contributed by atoms with Gasteiger partial charge in [0.1, 0.15) is 5.69 Å². The van der Waals surface area contributed by atoms with Gasteiger partial charge in [0.05, 0.1) is 16.6 Å². The highest BCUT2D eigenvalue weighted by atomic mass is 16.6. The Hall–Kier alpha value is -2.13. The van der Waals surface area contributed by atoms with Crippen molar-refractivity contribution in [1.29, 1.82) is 5.26 Å². The van der Waals surface area contributed by atoms with E-state index >= 15 is 0 Å². The Labute approximate surface area is 104 Å². The molecule has 0 unspecified atom stereocenters. The van der Waals surface area contributed by atoms with E-state index in [1.54, 1.807) is 0 Å². The predicted molar refractivity (Wildman–Crippen MR) is 65.0 cm³/mol. The number of nitrogens with zero attached hydrogens (tertiary/aromatic N) is 2. The average molecular weight is 247 g/mol. The molecule has 0 radical (unpaired) electrons. The Morgan fingerprint density at radius 1 is 1.56 bits per heavy atom. The number of hydrogen-bond donors (Lipinski definition) is 2. The number of aliphatic hydroxyl groups is 1. The first-order chi connectivity index (χ1) is 8.63. The predicted octanol–water partition coefficient (Wildman–Crippen LogP) is 1.65. The molecule has 94 valence electrons. The van der Waals surface area contributed by atoms with Crippen molar-refractivity contribution in [1.82, 2.24) is 0 Å². The van der Waals surface area contributed by atoms with E-state index in [1.165, 1.54) is 18.2 Å². The first-order valence-corrected chi connectivity index (χ1v) is 5.70. The van der Waals surface area contributed by atoms with E-state index in [4.69, 9.17) is 10.4 Å². The van der Waals surface area contributed by atoms with Gasteiger partial charge in [-0.25, -0.2) is 0 Å². The van der Waals surface area contributed by atoms with Crippen LogP contribution in [0.25, 0.3) is 0 Å². The maximum atomic E-state index is 10.9. The lowest BCUT2D eigenvalue weighted by Gasteiger charge is -2.35. The van der Waals surface area contributed by atoms with Gasteiger partial charge in [-0.3, -0.25) is 10.1 Å². The fraction of sp³-hybridized carbons (Fsp3) is 0.417.